The summed E-state index contributed by atoms with van der Waals surface area (Å²) in [4.78, 5) is 2.79. The van der Waals surface area contributed by atoms with Gasteiger partial charge in [-0.05, 0) is 62.9 Å². The minimum atomic E-state index is 0.456. The van der Waals surface area contributed by atoms with Crippen LogP contribution in [0.2, 0.25) is 0 Å². The lowest BCUT2D eigenvalue weighted by molar-refractivity contribution is -0.0499. The van der Waals surface area contributed by atoms with Crippen molar-refractivity contribution in [1.82, 2.24) is 4.90 Å². The van der Waals surface area contributed by atoms with Gasteiger partial charge in [-0.1, -0.05) is 27.7 Å². The molecule has 1 aliphatic heterocycles. The Kier molecular flexibility index (Phi) is 3.11. The maximum Gasteiger partial charge on any atom is 0.0214 e. The second-order valence-corrected chi connectivity index (χ2v) is 7.28. The van der Waals surface area contributed by atoms with E-state index in [0.717, 1.165) is 11.8 Å². The molecule has 2 fully saturated rings. The summed E-state index contributed by atoms with van der Waals surface area (Å²) in [5.74, 6) is 1.70. The fraction of sp³-hybridized carbons (Fsp3) is 1.00. The van der Waals surface area contributed by atoms with Crippen molar-refractivity contribution in [3.63, 3.8) is 0 Å². The molecule has 0 aromatic rings. The maximum absolute atomic E-state index is 2.79. The summed E-state index contributed by atoms with van der Waals surface area (Å²) >= 11 is 0. The third-order valence-electron chi connectivity index (χ3n) is 5.57. The predicted octanol–water partition coefficient (Wildman–Crippen LogP) is 3.93. The summed E-state index contributed by atoms with van der Waals surface area (Å²) in [6.07, 6.45) is 5.63. The zero-order valence-electron chi connectivity index (χ0n) is 11.8. The van der Waals surface area contributed by atoms with E-state index < -0.39 is 0 Å². The average molecular weight is 223 g/mol. The van der Waals surface area contributed by atoms with Crippen LogP contribution in [0, 0.1) is 17.3 Å². The van der Waals surface area contributed by atoms with Crippen LogP contribution in [-0.4, -0.2) is 23.5 Å². The Balaban J connectivity index is 2.23. The molecule has 1 aliphatic carbocycles. The molecular formula is C15H29N. The van der Waals surface area contributed by atoms with E-state index in [1.807, 2.05) is 0 Å². The highest BCUT2D eigenvalue weighted by Gasteiger charge is 2.49. The van der Waals surface area contributed by atoms with Crippen LogP contribution < -0.4 is 0 Å². The molecule has 1 heterocycles. The molecule has 94 valence electrons. The molecule has 0 radical (unpaired) electrons. The Morgan fingerprint density at radius 2 is 1.50 bits per heavy atom. The first-order valence-electron chi connectivity index (χ1n) is 7.11. The Morgan fingerprint density at radius 1 is 0.938 bits per heavy atom. The van der Waals surface area contributed by atoms with E-state index in [1.165, 1.54) is 38.8 Å². The molecule has 2 aliphatic rings. The summed E-state index contributed by atoms with van der Waals surface area (Å²) in [6.45, 7) is 15.1. The molecule has 2 rings (SSSR count). The summed E-state index contributed by atoms with van der Waals surface area (Å²) in [6, 6.07) is 0. The summed E-state index contributed by atoms with van der Waals surface area (Å²) < 4.78 is 0. The quantitative estimate of drug-likeness (QED) is 0.651. The first-order chi connectivity index (χ1) is 7.36. The van der Waals surface area contributed by atoms with E-state index in [4.69, 9.17) is 0 Å². The van der Waals surface area contributed by atoms with Crippen LogP contribution in [0.3, 0.4) is 0 Å². The third-order valence-corrected chi connectivity index (χ3v) is 5.57. The van der Waals surface area contributed by atoms with Gasteiger partial charge >= 0.3 is 0 Å². The normalized spacial score (nSPS) is 44.8. The highest BCUT2D eigenvalue weighted by molar-refractivity contribution is 5.03. The predicted molar refractivity (Wildman–Crippen MR) is 70.6 cm³/mol. The van der Waals surface area contributed by atoms with Gasteiger partial charge in [0.1, 0.15) is 0 Å². The molecule has 16 heavy (non-hydrogen) atoms. The Bertz CT molecular complexity index is 252. The molecule has 1 saturated heterocycles. The number of nitrogens with zero attached hydrogens (tertiary/aromatic N) is 1. The second kappa shape index (κ2) is 4.01. The van der Waals surface area contributed by atoms with Crippen molar-refractivity contribution in [2.24, 2.45) is 17.3 Å². The van der Waals surface area contributed by atoms with Gasteiger partial charge in [-0.2, -0.15) is 0 Å². The Labute approximate surface area is 102 Å². The lowest BCUT2D eigenvalue weighted by Gasteiger charge is -2.55. The van der Waals surface area contributed by atoms with Gasteiger partial charge in [-0.3, -0.25) is 4.90 Å². The van der Waals surface area contributed by atoms with E-state index in [9.17, 15) is 0 Å². The van der Waals surface area contributed by atoms with Gasteiger partial charge in [0.2, 0.25) is 0 Å². The standard InChI is InChI=1S/C15H29N/c1-12-10-14(3,4)13(2)15(5,11-12)16-8-6-7-9-16/h12-13H,6-11H2,1-5H3. The SMILES string of the molecule is CC1CC(C)(C)C(C)C(C)(N2CCCC2)C1. The van der Waals surface area contributed by atoms with Gasteiger partial charge in [0, 0.05) is 5.54 Å². The molecule has 1 saturated carbocycles. The van der Waals surface area contributed by atoms with Gasteiger partial charge in [0.25, 0.3) is 0 Å². The van der Waals surface area contributed by atoms with Crippen molar-refractivity contribution >= 4 is 0 Å². The van der Waals surface area contributed by atoms with Crippen molar-refractivity contribution in [2.75, 3.05) is 13.1 Å². The molecule has 0 spiro atoms. The van der Waals surface area contributed by atoms with Crippen LogP contribution in [0.5, 0.6) is 0 Å². The number of hydrogen-bond donors (Lipinski definition) is 0. The first-order valence-corrected chi connectivity index (χ1v) is 7.11. The summed E-state index contributed by atoms with van der Waals surface area (Å²) in [7, 11) is 0. The van der Waals surface area contributed by atoms with Gasteiger partial charge in [0.15, 0.2) is 0 Å². The minimum Gasteiger partial charge on any atom is -0.298 e. The van der Waals surface area contributed by atoms with Gasteiger partial charge < -0.3 is 0 Å². The van der Waals surface area contributed by atoms with Crippen LogP contribution in [0.25, 0.3) is 0 Å². The summed E-state index contributed by atoms with van der Waals surface area (Å²) in [5.41, 5.74) is 0.965. The smallest absolute Gasteiger partial charge is 0.0214 e. The first kappa shape index (κ1) is 12.4. The molecule has 1 nitrogen and oxygen atoms in total. The summed E-state index contributed by atoms with van der Waals surface area (Å²) in [5, 5.41) is 0. The molecular weight excluding hydrogens is 194 g/mol. The molecule has 0 amide bonds. The van der Waals surface area contributed by atoms with Crippen LogP contribution >= 0.6 is 0 Å². The molecule has 0 bridgehead atoms. The second-order valence-electron chi connectivity index (χ2n) is 7.28. The third kappa shape index (κ3) is 1.92. The number of rotatable bonds is 1. The van der Waals surface area contributed by atoms with Crippen molar-refractivity contribution in [3.05, 3.63) is 0 Å². The van der Waals surface area contributed by atoms with Crippen LogP contribution in [-0.2, 0) is 0 Å². The lowest BCUT2D eigenvalue weighted by atomic mass is 9.58. The number of likely N-dealkylation sites (tertiary alicyclic amines) is 1. The highest BCUT2D eigenvalue weighted by atomic mass is 15.2. The largest absolute Gasteiger partial charge is 0.298 e. The van der Waals surface area contributed by atoms with Crippen molar-refractivity contribution < 1.29 is 0 Å². The lowest BCUT2D eigenvalue weighted by Crippen LogP contribution is -2.57. The van der Waals surface area contributed by atoms with E-state index in [2.05, 4.69) is 39.5 Å². The average Bonchev–Trinajstić information content (AvgIpc) is 2.66. The van der Waals surface area contributed by atoms with Crippen molar-refractivity contribution in [2.45, 2.75) is 65.8 Å². The monoisotopic (exact) mass is 223 g/mol. The zero-order chi connectivity index (χ0) is 12.0. The zero-order valence-corrected chi connectivity index (χ0v) is 11.8. The number of hydrogen-bond acceptors (Lipinski definition) is 1. The Hall–Kier alpha value is -0.0400. The fourth-order valence-corrected chi connectivity index (χ4v) is 4.50. The van der Waals surface area contributed by atoms with E-state index in [0.29, 0.717) is 11.0 Å². The maximum atomic E-state index is 2.79. The van der Waals surface area contributed by atoms with E-state index >= 15 is 0 Å². The van der Waals surface area contributed by atoms with E-state index in [1.54, 1.807) is 0 Å². The molecule has 3 atom stereocenters. The van der Waals surface area contributed by atoms with Gasteiger partial charge in [-0.15, -0.1) is 0 Å². The van der Waals surface area contributed by atoms with Crippen LogP contribution in [0.15, 0.2) is 0 Å². The van der Waals surface area contributed by atoms with Crippen LogP contribution in [0.4, 0.5) is 0 Å². The molecule has 1 heteroatoms. The molecule has 0 aromatic carbocycles. The Morgan fingerprint density at radius 3 is 2.06 bits per heavy atom. The topological polar surface area (TPSA) is 3.24 Å². The minimum absolute atomic E-state index is 0.456. The van der Waals surface area contributed by atoms with Crippen LogP contribution in [0.1, 0.15) is 60.3 Å². The van der Waals surface area contributed by atoms with Crippen molar-refractivity contribution in [3.8, 4) is 0 Å². The highest BCUT2D eigenvalue weighted by Crippen LogP contribution is 2.51. The van der Waals surface area contributed by atoms with Gasteiger partial charge in [-0.25, -0.2) is 0 Å². The molecule has 0 N–H and O–H groups in total. The van der Waals surface area contributed by atoms with Gasteiger partial charge in [0.05, 0.1) is 0 Å². The molecule has 3 unspecified atom stereocenters. The molecule has 0 aromatic heterocycles. The van der Waals surface area contributed by atoms with Crippen molar-refractivity contribution in [1.29, 1.82) is 0 Å². The van der Waals surface area contributed by atoms with E-state index in [-0.39, 0.29) is 0 Å². The fourth-order valence-electron chi connectivity index (χ4n) is 4.50.